The van der Waals surface area contributed by atoms with E-state index in [0.717, 1.165) is 25.5 Å². The molecule has 0 aromatic rings. The van der Waals surface area contributed by atoms with Gasteiger partial charge in [0.15, 0.2) is 0 Å². The van der Waals surface area contributed by atoms with Crippen molar-refractivity contribution in [1.29, 1.82) is 0 Å². The molecule has 1 rings (SSSR count). The molecule has 0 fully saturated rings. The molecule has 0 radical (unpaired) electrons. The smallest absolute Gasteiger partial charge is 0.130 e. The zero-order chi connectivity index (χ0) is 10.6. The molecule has 0 heterocycles. The van der Waals surface area contributed by atoms with Crippen molar-refractivity contribution >= 4 is 6.29 Å². The number of aldehydes is 1. The van der Waals surface area contributed by atoms with Crippen LogP contribution in [0.4, 0.5) is 0 Å². The predicted octanol–water partition coefficient (Wildman–Crippen LogP) is 3.51. The van der Waals surface area contributed by atoms with Crippen molar-refractivity contribution in [1.82, 2.24) is 0 Å². The van der Waals surface area contributed by atoms with Crippen LogP contribution < -0.4 is 0 Å². The summed E-state index contributed by atoms with van der Waals surface area (Å²) in [4.78, 5) is 11.2. The normalized spacial score (nSPS) is 33.1. The maximum atomic E-state index is 11.2. The first-order valence-corrected chi connectivity index (χ1v) is 5.46. The van der Waals surface area contributed by atoms with Crippen LogP contribution >= 0.6 is 0 Å². The molecule has 1 aliphatic carbocycles. The fraction of sp³-hybridized carbons (Fsp3) is 0.615. The standard InChI is InChI=1S/C13H20O/c1-4-5-7-13(10-14)8-6-11(2)9-12(13)3/h5,7,9-10,12H,4,6,8H2,1-3H3/b7-5+. The number of hydrogen-bond donors (Lipinski definition) is 0. The largest absolute Gasteiger partial charge is 0.302 e. The van der Waals surface area contributed by atoms with Crippen molar-refractivity contribution in [3.05, 3.63) is 23.8 Å². The Balaban J connectivity index is 2.90. The summed E-state index contributed by atoms with van der Waals surface area (Å²) in [5.74, 6) is 0.344. The van der Waals surface area contributed by atoms with Crippen LogP contribution in [0.3, 0.4) is 0 Å². The lowest BCUT2D eigenvalue weighted by Gasteiger charge is -2.34. The number of carbonyl (C=O) groups is 1. The van der Waals surface area contributed by atoms with E-state index in [2.05, 4.69) is 39.0 Å². The molecule has 78 valence electrons. The SMILES string of the molecule is CC/C=C/C1(C=O)CCC(C)=CC1C. The summed E-state index contributed by atoms with van der Waals surface area (Å²) < 4.78 is 0. The Morgan fingerprint density at radius 1 is 1.64 bits per heavy atom. The summed E-state index contributed by atoms with van der Waals surface area (Å²) in [6, 6.07) is 0. The minimum Gasteiger partial charge on any atom is -0.302 e. The van der Waals surface area contributed by atoms with Gasteiger partial charge in [-0.05, 0) is 32.1 Å². The highest BCUT2D eigenvalue weighted by Crippen LogP contribution is 2.39. The fourth-order valence-corrected chi connectivity index (χ4v) is 2.08. The molecule has 0 amide bonds. The maximum absolute atomic E-state index is 11.2. The molecule has 2 unspecified atom stereocenters. The van der Waals surface area contributed by atoms with Crippen LogP contribution in [0, 0.1) is 11.3 Å². The summed E-state index contributed by atoms with van der Waals surface area (Å²) in [5.41, 5.74) is 1.19. The fourth-order valence-electron chi connectivity index (χ4n) is 2.08. The average Bonchev–Trinajstić information content (AvgIpc) is 2.18. The van der Waals surface area contributed by atoms with Crippen molar-refractivity contribution in [2.24, 2.45) is 11.3 Å². The Bertz CT molecular complexity index is 262. The van der Waals surface area contributed by atoms with Crippen molar-refractivity contribution in [3.8, 4) is 0 Å². The number of hydrogen-bond acceptors (Lipinski definition) is 1. The van der Waals surface area contributed by atoms with Crippen molar-refractivity contribution < 1.29 is 4.79 Å². The lowest BCUT2D eigenvalue weighted by molar-refractivity contribution is -0.115. The Morgan fingerprint density at radius 2 is 2.36 bits per heavy atom. The molecule has 1 nitrogen and oxygen atoms in total. The third-order valence-electron chi connectivity index (χ3n) is 3.22. The minimum absolute atomic E-state index is 0.227. The zero-order valence-corrected chi connectivity index (χ0v) is 9.42. The van der Waals surface area contributed by atoms with Crippen molar-refractivity contribution in [2.45, 2.75) is 40.0 Å². The zero-order valence-electron chi connectivity index (χ0n) is 9.42. The number of carbonyl (C=O) groups excluding carboxylic acids is 1. The second-order valence-corrected chi connectivity index (χ2v) is 4.34. The second kappa shape index (κ2) is 4.59. The molecule has 0 aromatic carbocycles. The van der Waals surface area contributed by atoms with E-state index in [0.29, 0.717) is 5.92 Å². The molecule has 0 N–H and O–H groups in total. The van der Waals surface area contributed by atoms with Gasteiger partial charge in [-0.1, -0.05) is 37.6 Å². The van der Waals surface area contributed by atoms with Crippen LogP contribution in [0.15, 0.2) is 23.8 Å². The van der Waals surface area contributed by atoms with E-state index in [9.17, 15) is 4.79 Å². The molecule has 14 heavy (non-hydrogen) atoms. The summed E-state index contributed by atoms with van der Waals surface area (Å²) in [5, 5.41) is 0. The van der Waals surface area contributed by atoms with Crippen LogP contribution in [0.5, 0.6) is 0 Å². The maximum Gasteiger partial charge on any atom is 0.130 e. The number of allylic oxidation sites excluding steroid dienone is 4. The Labute approximate surface area is 86.9 Å². The van der Waals surface area contributed by atoms with Crippen LogP contribution in [-0.4, -0.2) is 6.29 Å². The van der Waals surface area contributed by atoms with Gasteiger partial charge in [-0.15, -0.1) is 0 Å². The Kier molecular flexibility index (Phi) is 3.68. The third-order valence-corrected chi connectivity index (χ3v) is 3.22. The van der Waals surface area contributed by atoms with E-state index < -0.39 is 0 Å². The van der Waals surface area contributed by atoms with Gasteiger partial charge in [0, 0.05) is 0 Å². The van der Waals surface area contributed by atoms with Gasteiger partial charge in [-0.2, -0.15) is 0 Å². The van der Waals surface area contributed by atoms with E-state index in [1.807, 2.05) is 0 Å². The van der Waals surface area contributed by atoms with E-state index >= 15 is 0 Å². The van der Waals surface area contributed by atoms with E-state index in [1.54, 1.807) is 0 Å². The monoisotopic (exact) mass is 192 g/mol. The molecule has 0 saturated carbocycles. The van der Waals surface area contributed by atoms with Gasteiger partial charge < -0.3 is 4.79 Å². The highest BCUT2D eigenvalue weighted by atomic mass is 16.1. The molecule has 0 spiro atoms. The first-order valence-electron chi connectivity index (χ1n) is 5.46. The van der Waals surface area contributed by atoms with Gasteiger partial charge in [-0.3, -0.25) is 0 Å². The molecule has 0 aromatic heterocycles. The highest BCUT2D eigenvalue weighted by molar-refractivity contribution is 5.64. The third kappa shape index (κ3) is 2.14. The topological polar surface area (TPSA) is 17.1 Å². The second-order valence-electron chi connectivity index (χ2n) is 4.34. The molecular formula is C13H20O. The average molecular weight is 192 g/mol. The summed E-state index contributed by atoms with van der Waals surface area (Å²) in [6.07, 6.45) is 10.6. The van der Waals surface area contributed by atoms with Gasteiger partial charge in [0.25, 0.3) is 0 Å². The number of rotatable bonds is 3. The van der Waals surface area contributed by atoms with Crippen LogP contribution in [0.1, 0.15) is 40.0 Å². The van der Waals surface area contributed by atoms with Gasteiger partial charge in [0.2, 0.25) is 0 Å². The molecular weight excluding hydrogens is 172 g/mol. The van der Waals surface area contributed by atoms with Gasteiger partial charge in [0.05, 0.1) is 5.41 Å². The Hall–Kier alpha value is -0.850. The molecule has 0 saturated heterocycles. The lowest BCUT2D eigenvalue weighted by Crippen LogP contribution is -2.30. The molecule has 0 aliphatic heterocycles. The van der Waals surface area contributed by atoms with E-state index in [1.165, 1.54) is 5.57 Å². The highest BCUT2D eigenvalue weighted by Gasteiger charge is 2.34. The lowest BCUT2D eigenvalue weighted by atomic mass is 9.69. The van der Waals surface area contributed by atoms with Crippen LogP contribution in [0.2, 0.25) is 0 Å². The van der Waals surface area contributed by atoms with E-state index in [4.69, 9.17) is 0 Å². The summed E-state index contributed by atoms with van der Waals surface area (Å²) in [7, 11) is 0. The predicted molar refractivity (Wildman–Crippen MR) is 60.1 cm³/mol. The molecule has 1 heteroatoms. The Morgan fingerprint density at radius 3 is 2.86 bits per heavy atom. The first kappa shape index (κ1) is 11.2. The van der Waals surface area contributed by atoms with E-state index in [-0.39, 0.29) is 5.41 Å². The quantitative estimate of drug-likeness (QED) is 0.494. The molecule has 1 aliphatic rings. The molecule has 2 atom stereocenters. The summed E-state index contributed by atoms with van der Waals surface area (Å²) >= 11 is 0. The van der Waals surface area contributed by atoms with Crippen LogP contribution in [0.25, 0.3) is 0 Å². The van der Waals surface area contributed by atoms with Crippen LogP contribution in [-0.2, 0) is 4.79 Å². The summed E-state index contributed by atoms with van der Waals surface area (Å²) in [6.45, 7) is 6.38. The van der Waals surface area contributed by atoms with Crippen molar-refractivity contribution in [2.75, 3.05) is 0 Å². The minimum atomic E-state index is -0.227. The van der Waals surface area contributed by atoms with Gasteiger partial charge >= 0.3 is 0 Å². The van der Waals surface area contributed by atoms with Crippen molar-refractivity contribution in [3.63, 3.8) is 0 Å². The van der Waals surface area contributed by atoms with Gasteiger partial charge in [-0.25, -0.2) is 0 Å². The van der Waals surface area contributed by atoms with Gasteiger partial charge in [0.1, 0.15) is 6.29 Å². The first-order chi connectivity index (χ1) is 6.64. The molecule has 0 bridgehead atoms.